The highest BCUT2D eigenvalue weighted by Gasteiger charge is 2.17. The Morgan fingerprint density at radius 1 is 1.37 bits per heavy atom. The lowest BCUT2D eigenvalue weighted by molar-refractivity contribution is 0.266. The summed E-state index contributed by atoms with van der Waals surface area (Å²) in [6, 6.07) is 5.53. The van der Waals surface area contributed by atoms with E-state index < -0.39 is 0 Å². The van der Waals surface area contributed by atoms with Crippen LogP contribution in [-0.4, -0.2) is 19.2 Å². The molecule has 0 radical (unpaired) electrons. The second kappa shape index (κ2) is 6.90. The zero-order valence-electron chi connectivity index (χ0n) is 11.9. The van der Waals surface area contributed by atoms with Crippen molar-refractivity contribution < 1.29 is 9.13 Å². The number of aryl methyl sites for hydroxylation is 1. The summed E-state index contributed by atoms with van der Waals surface area (Å²) in [4.78, 5) is 0. The van der Waals surface area contributed by atoms with Crippen LogP contribution in [0, 0.1) is 18.7 Å². The molecule has 0 aromatic heterocycles. The van der Waals surface area contributed by atoms with Gasteiger partial charge in [0.25, 0.3) is 0 Å². The molecule has 1 aromatic carbocycles. The summed E-state index contributed by atoms with van der Waals surface area (Å²) in [6.07, 6.45) is 5.25. The Morgan fingerprint density at radius 3 is 2.95 bits per heavy atom. The van der Waals surface area contributed by atoms with Gasteiger partial charge < -0.3 is 10.1 Å². The highest BCUT2D eigenvalue weighted by atomic mass is 19.1. The molecule has 1 aromatic rings. The van der Waals surface area contributed by atoms with Crippen molar-refractivity contribution in [2.75, 3.05) is 13.2 Å². The molecule has 0 bridgehead atoms. The van der Waals surface area contributed by atoms with Crippen molar-refractivity contribution in [2.45, 2.75) is 45.6 Å². The first-order chi connectivity index (χ1) is 9.15. The number of ether oxygens (including phenoxy) is 1. The van der Waals surface area contributed by atoms with Crippen LogP contribution in [0.25, 0.3) is 0 Å². The van der Waals surface area contributed by atoms with Crippen LogP contribution in [0.3, 0.4) is 0 Å². The maximum Gasteiger partial charge on any atom is 0.126 e. The van der Waals surface area contributed by atoms with Crippen LogP contribution in [0.1, 0.15) is 38.2 Å². The van der Waals surface area contributed by atoms with Gasteiger partial charge >= 0.3 is 0 Å². The van der Waals surface area contributed by atoms with E-state index in [1.165, 1.54) is 31.7 Å². The maximum absolute atomic E-state index is 13.1. The summed E-state index contributed by atoms with van der Waals surface area (Å²) in [7, 11) is 0. The summed E-state index contributed by atoms with van der Waals surface area (Å²) in [5, 5.41) is 3.55. The summed E-state index contributed by atoms with van der Waals surface area (Å²) in [5.41, 5.74) is 0.631. The van der Waals surface area contributed by atoms with Gasteiger partial charge in [-0.1, -0.05) is 19.8 Å². The topological polar surface area (TPSA) is 21.3 Å². The van der Waals surface area contributed by atoms with Gasteiger partial charge in [0.1, 0.15) is 18.2 Å². The number of hydrogen-bond donors (Lipinski definition) is 1. The van der Waals surface area contributed by atoms with Crippen LogP contribution in [0.5, 0.6) is 5.75 Å². The van der Waals surface area contributed by atoms with Gasteiger partial charge in [-0.15, -0.1) is 0 Å². The van der Waals surface area contributed by atoms with Crippen molar-refractivity contribution in [2.24, 2.45) is 5.92 Å². The molecule has 2 unspecified atom stereocenters. The minimum absolute atomic E-state index is 0.179. The fourth-order valence-electron chi connectivity index (χ4n) is 2.76. The van der Waals surface area contributed by atoms with E-state index in [0.717, 1.165) is 18.2 Å². The molecule has 1 aliphatic rings. The normalized spacial score (nSPS) is 23.3. The molecule has 1 fully saturated rings. The first-order valence-corrected chi connectivity index (χ1v) is 7.27. The van der Waals surface area contributed by atoms with E-state index in [0.29, 0.717) is 18.2 Å². The third-order valence-electron chi connectivity index (χ3n) is 3.87. The number of halogens is 1. The van der Waals surface area contributed by atoms with Gasteiger partial charge in [-0.2, -0.15) is 0 Å². The monoisotopic (exact) mass is 265 g/mol. The molecule has 1 aliphatic carbocycles. The summed E-state index contributed by atoms with van der Waals surface area (Å²) >= 11 is 0. The Balaban J connectivity index is 1.67. The van der Waals surface area contributed by atoms with E-state index in [9.17, 15) is 4.39 Å². The van der Waals surface area contributed by atoms with E-state index in [-0.39, 0.29) is 5.82 Å². The molecule has 2 rings (SSSR count). The summed E-state index contributed by atoms with van der Waals surface area (Å²) < 4.78 is 18.7. The predicted molar refractivity (Wildman–Crippen MR) is 76.1 cm³/mol. The molecule has 0 amide bonds. The van der Waals surface area contributed by atoms with Crippen LogP contribution < -0.4 is 10.1 Å². The van der Waals surface area contributed by atoms with Gasteiger partial charge in [0.2, 0.25) is 0 Å². The number of nitrogens with one attached hydrogen (secondary N) is 1. The summed E-state index contributed by atoms with van der Waals surface area (Å²) in [5.74, 6) is 1.41. The Hall–Kier alpha value is -1.09. The standard InChI is InChI=1S/C16H24FNO/c1-12-4-3-5-14(10-12)18-8-9-19-15-6-7-16(17)13(2)11-15/h6-7,11-12,14,18H,3-5,8-10H2,1-2H3. The molecule has 0 heterocycles. The largest absolute Gasteiger partial charge is 0.492 e. The molecule has 3 heteroatoms. The fraction of sp³-hybridized carbons (Fsp3) is 0.625. The van der Waals surface area contributed by atoms with Crippen molar-refractivity contribution in [3.8, 4) is 5.75 Å². The molecular weight excluding hydrogens is 241 g/mol. The summed E-state index contributed by atoms with van der Waals surface area (Å²) in [6.45, 7) is 5.57. The zero-order valence-corrected chi connectivity index (χ0v) is 11.9. The molecule has 2 atom stereocenters. The van der Waals surface area contributed by atoms with Crippen LogP contribution >= 0.6 is 0 Å². The highest BCUT2D eigenvalue weighted by Crippen LogP contribution is 2.23. The van der Waals surface area contributed by atoms with E-state index in [1.807, 2.05) is 0 Å². The second-order valence-electron chi connectivity index (χ2n) is 5.68. The first kappa shape index (κ1) is 14.3. The minimum Gasteiger partial charge on any atom is -0.492 e. The van der Waals surface area contributed by atoms with Gasteiger partial charge in [-0.25, -0.2) is 4.39 Å². The van der Waals surface area contributed by atoms with Crippen LogP contribution in [0.2, 0.25) is 0 Å². The van der Waals surface area contributed by atoms with Gasteiger partial charge in [0.15, 0.2) is 0 Å². The van der Waals surface area contributed by atoms with Gasteiger partial charge in [-0.05, 0) is 49.4 Å². The lowest BCUT2D eigenvalue weighted by Crippen LogP contribution is -2.36. The Morgan fingerprint density at radius 2 is 2.21 bits per heavy atom. The average Bonchev–Trinajstić information content (AvgIpc) is 2.39. The second-order valence-corrected chi connectivity index (χ2v) is 5.68. The molecular formula is C16H24FNO. The Labute approximate surface area is 115 Å². The third kappa shape index (κ3) is 4.50. The van der Waals surface area contributed by atoms with Crippen molar-refractivity contribution in [3.63, 3.8) is 0 Å². The fourth-order valence-corrected chi connectivity index (χ4v) is 2.76. The molecule has 0 spiro atoms. The zero-order chi connectivity index (χ0) is 13.7. The quantitative estimate of drug-likeness (QED) is 0.820. The number of hydrogen-bond acceptors (Lipinski definition) is 2. The van der Waals surface area contributed by atoms with Crippen LogP contribution in [0.15, 0.2) is 18.2 Å². The highest BCUT2D eigenvalue weighted by molar-refractivity contribution is 5.28. The van der Waals surface area contributed by atoms with Gasteiger partial charge in [0, 0.05) is 12.6 Å². The molecule has 1 saturated carbocycles. The van der Waals surface area contributed by atoms with E-state index in [1.54, 1.807) is 19.1 Å². The van der Waals surface area contributed by atoms with Crippen molar-refractivity contribution in [1.82, 2.24) is 5.32 Å². The molecule has 1 N–H and O–H groups in total. The SMILES string of the molecule is Cc1cc(OCCNC2CCCC(C)C2)ccc1F. The van der Waals surface area contributed by atoms with Crippen molar-refractivity contribution in [1.29, 1.82) is 0 Å². The van der Waals surface area contributed by atoms with Gasteiger partial charge in [0.05, 0.1) is 0 Å². The van der Waals surface area contributed by atoms with Crippen LogP contribution in [-0.2, 0) is 0 Å². The Bertz CT molecular complexity index is 408. The van der Waals surface area contributed by atoms with E-state index >= 15 is 0 Å². The number of rotatable bonds is 5. The maximum atomic E-state index is 13.1. The first-order valence-electron chi connectivity index (χ1n) is 7.27. The average molecular weight is 265 g/mol. The van der Waals surface area contributed by atoms with Crippen molar-refractivity contribution >= 4 is 0 Å². The molecule has 0 saturated heterocycles. The van der Waals surface area contributed by atoms with Crippen LogP contribution in [0.4, 0.5) is 4.39 Å². The smallest absolute Gasteiger partial charge is 0.126 e. The molecule has 106 valence electrons. The molecule has 2 nitrogen and oxygen atoms in total. The molecule has 0 aliphatic heterocycles. The van der Waals surface area contributed by atoms with E-state index in [2.05, 4.69) is 12.2 Å². The van der Waals surface area contributed by atoms with Crippen molar-refractivity contribution in [3.05, 3.63) is 29.6 Å². The predicted octanol–water partition coefficient (Wildman–Crippen LogP) is 3.68. The lowest BCUT2D eigenvalue weighted by Gasteiger charge is -2.27. The third-order valence-corrected chi connectivity index (χ3v) is 3.87. The Kier molecular flexibility index (Phi) is 5.20. The van der Waals surface area contributed by atoms with E-state index in [4.69, 9.17) is 4.74 Å². The number of benzene rings is 1. The lowest BCUT2D eigenvalue weighted by atomic mass is 9.87. The minimum atomic E-state index is -0.179. The molecule has 19 heavy (non-hydrogen) atoms. The van der Waals surface area contributed by atoms with Gasteiger partial charge in [-0.3, -0.25) is 0 Å².